The number of benzene rings is 1. The summed E-state index contributed by atoms with van der Waals surface area (Å²) in [6, 6.07) is 10.6. The molecule has 0 fully saturated rings. The first kappa shape index (κ1) is 14.6. The molecule has 3 rings (SSSR count). The van der Waals surface area contributed by atoms with Crippen molar-refractivity contribution in [2.75, 3.05) is 16.8 Å². The first-order chi connectivity index (χ1) is 10.7. The molecule has 0 aliphatic carbocycles. The molecule has 2 aromatic rings. The Hall–Kier alpha value is -2.34. The maximum Gasteiger partial charge on any atom is 0.327 e. The van der Waals surface area contributed by atoms with E-state index in [1.165, 1.54) is 11.3 Å². The first-order valence-corrected chi connectivity index (χ1v) is 8.08. The Balaban J connectivity index is 1.89. The van der Waals surface area contributed by atoms with Crippen LogP contribution in [0, 0.1) is 0 Å². The monoisotopic (exact) mass is 315 g/mol. The number of amides is 3. The summed E-state index contributed by atoms with van der Waals surface area (Å²) in [6.07, 6.45) is 0.542. The number of carbonyl (C=O) groups excluding carboxylic acids is 2. The van der Waals surface area contributed by atoms with Crippen molar-refractivity contribution >= 4 is 34.0 Å². The highest BCUT2D eigenvalue weighted by molar-refractivity contribution is 7.14. The number of para-hydroxylation sites is 1. The topological polar surface area (TPSA) is 61.4 Å². The molecule has 22 heavy (non-hydrogen) atoms. The van der Waals surface area contributed by atoms with E-state index in [1.54, 1.807) is 4.90 Å². The van der Waals surface area contributed by atoms with Crippen LogP contribution in [0.2, 0.25) is 0 Å². The quantitative estimate of drug-likeness (QED) is 0.915. The van der Waals surface area contributed by atoms with Gasteiger partial charge in [-0.15, -0.1) is 11.3 Å². The summed E-state index contributed by atoms with van der Waals surface area (Å²) >= 11 is 1.45. The lowest BCUT2D eigenvalue weighted by atomic mass is 10.1. The molecule has 1 atom stereocenters. The number of thiophene rings is 1. The number of urea groups is 1. The van der Waals surface area contributed by atoms with Crippen LogP contribution in [-0.4, -0.2) is 24.5 Å². The van der Waals surface area contributed by atoms with Gasteiger partial charge in [0.25, 0.3) is 0 Å². The predicted octanol–water partition coefficient (Wildman–Crippen LogP) is 2.85. The van der Waals surface area contributed by atoms with Crippen molar-refractivity contribution in [3.8, 4) is 0 Å². The molecule has 1 aliphatic heterocycles. The molecule has 2 heterocycles. The standard InChI is InChI=1S/C16H17N3O2S/c1-2-17-15(20)13-10-11-6-3-4-7-12(11)19(13)16(21)18-14-8-5-9-22-14/h3-9,13H,2,10H2,1H3,(H,17,20)(H,18,21). The van der Waals surface area contributed by atoms with Gasteiger partial charge in [0, 0.05) is 18.7 Å². The number of likely N-dealkylation sites (N-methyl/N-ethyl adjacent to an activating group) is 1. The third-order valence-corrected chi connectivity index (χ3v) is 4.39. The molecule has 1 unspecified atom stereocenters. The minimum Gasteiger partial charge on any atom is -0.355 e. The number of nitrogens with zero attached hydrogens (tertiary/aromatic N) is 1. The number of carbonyl (C=O) groups is 2. The molecule has 2 N–H and O–H groups in total. The predicted molar refractivity (Wildman–Crippen MR) is 88.4 cm³/mol. The summed E-state index contributed by atoms with van der Waals surface area (Å²) in [5.74, 6) is -0.125. The van der Waals surface area contributed by atoms with Gasteiger partial charge in [0.15, 0.2) is 0 Å². The van der Waals surface area contributed by atoms with E-state index >= 15 is 0 Å². The minimum atomic E-state index is -0.502. The number of hydrogen-bond acceptors (Lipinski definition) is 3. The van der Waals surface area contributed by atoms with Gasteiger partial charge in [-0.05, 0) is 36.1 Å². The summed E-state index contributed by atoms with van der Waals surface area (Å²) in [5.41, 5.74) is 1.81. The molecule has 5 nitrogen and oxygen atoms in total. The highest BCUT2D eigenvalue weighted by Gasteiger charge is 2.38. The summed E-state index contributed by atoms with van der Waals surface area (Å²) in [4.78, 5) is 26.5. The number of anilines is 2. The van der Waals surface area contributed by atoms with Crippen molar-refractivity contribution in [2.24, 2.45) is 0 Å². The van der Waals surface area contributed by atoms with Gasteiger partial charge < -0.3 is 5.32 Å². The van der Waals surface area contributed by atoms with Crippen molar-refractivity contribution in [3.63, 3.8) is 0 Å². The van der Waals surface area contributed by atoms with Gasteiger partial charge in [-0.1, -0.05) is 18.2 Å². The van der Waals surface area contributed by atoms with Crippen LogP contribution in [0.4, 0.5) is 15.5 Å². The molecular weight excluding hydrogens is 298 g/mol. The normalized spacial score (nSPS) is 16.2. The van der Waals surface area contributed by atoms with E-state index in [0.717, 1.165) is 16.3 Å². The van der Waals surface area contributed by atoms with Crippen molar-refractivity contribution < 1.29 is 9.59 Å². The van der Waals surface area contributed by atoms with Gasteiger partial charge >= 0.3 is 6.03 Å². The third-order valence-electron chi connectivity index (χ3n) is 3.60. The lowest BCUT2D eigenvalue weighted by Gasteiger charge is -2.24. The summed E-state index contributed by atoms with van der Waals surface area (Å²) in [7, 11) is 0. The van der Waals surface area contributed by atoms with Gasteiger partial charge in [0.2, 0.25) is 5.91 Å². The zero-order valence-corrected chi connectivity index (χ0v) is 13.0. The zero-order valence-electron chi connectivity index (χ0n) is 12.2. The lowest BCUT2D eigenvalue weighted by Crippen LogP contribution is -2.49. The van der Waals surface area contributed by atoms with Crippen LogP contribution in [-0.2, 0) is 11.2 Å². The van der Waals surface area contributed by atoms with Crippen molar-refractivity contribution in [2.45, 2.75) is 19.4 Å². The molecule has 114 valence electrons. The van der Waals surface area contributed by atoms with Gasteiger partial charge in [-0.3, -0.25) is 15.0 Å². The van der Waals surface area contributed by atoms with Crippen molar-refractivity contribution in [3.05, 3.63) is 47.3 Å². The number of fused-ring (bicyclic) bond motifs is 1. The zero-order chi connectivity index (χ0) is 15.5. The van der Waals surface area contributed by atoms with Crippen LogP contribution in [0.25, 0.3) is 0 Å². The Kier molecular flexibility index (Phi) is 4.11. The SMILES string of the molecule is CCNC(=O)C1Cc2ccccc2N1C(=O)Nc1cccs1. The molecule has 0 spiro atoms. The van der Waals surface area contributed by atoms with E-state index in [-0.39, 0.29) is 11.9 Å². The second-order valence-corrected chi connectivity index (χ2v) is 5.97. The lowest BCUT2D eigenvalue weighted by molar-refractivity contribution is -0.122. The maximum absolute atomic E-state index is 12.6. The Morgan fingerprint density at radius 2 is 2.09 bits per heavy atom. The van der Waals surface area contributed by atoms with Crippen molar-refractivity contribution in [1.29, 1.82) is 0 Å². The summed E-state index contributed by atoms with van der Waals surface area (Å²) < 4.78 is 0. The molecule has 6 heteroatoms. The molecule has 0 saturated heterocycles. The number of rotatable bonds is 3. The van der Waals surface area contributed by atoms with E-state index in [9.17, 15) is 9.59 Å². The molecule has 0 radical (unpaired) electrons. The van der Waals surface area contributed by atoms with Gasteiger partial charge in [-0.2, -0.15) is 0 Å². The van der Waals surface area contributed by atoms with Crippen LogP contribution in [0.5, 0.6) is 0 Å². The third kappa shape index (κ3) is 2.69. The van der Waals surface area contributed by atoms with E-state index in [0.29, 0.717) is 13.0 Å². The average molecular weight is 315 g/mol. The number of nitrogens with one attached hydrogen (secondary N) is 2. The van der Waals surface area contributed by atoms with Crippen LogP contribution >= 0.6 is 11.3 Å². The summed E-state index contributed by atoms with van der Waals surface area (Å²) in [5, 5.41) is 8.33. The molecule has 1 aliphatic rings. The molecule has 3 amide bonds. The fourth-order valence-corrected chi connectivity index (χ4v) is 3.26. The second kappa shape index (κ2) is 6.19. The van der Waals surface area contributed by atoms with E-state index < -0.39 is 6.04 Å². The summed E-state index contributed by atoms with van der Waals surface area (Å²) in [6.45, 7) is 2.42. The first-order valence-electron chi connectivity index (χ1n) is 7.20. The van der Waals surface area contributed by atoms with E-state index in [1.807, 2.05) is 48.7 Å². The number of hydrogen-bond donors (Lipinski definition) is 2. The van der Waals surface area contributed by atoms with Crippen LogP contribution in [0.15, 0.2) is 41.8 Å². The molecule has 0 bridgehead atoms. The van der Waals surface area contributed by atoms with E-state index in [2.05, 4.69) is 10.6 Å². The smallest absolute Gasteiger partial charge is 0.327 e. The van der Waals surface area contributed by atoms with Crippen LogP contribution < -0.4 is 15.5 Å². The Labute approximate surface area is 132 Å². The Bertz CT molecular complexity index is 684. The maximum atomic E-state index is 12.6. The Morgan fingerprint density at radius 1 is 1.27 bits per heavy atom. The van der Waals surface area contributed by atoms with E-state index in [4.69, 9.17) is 0 Å². The van der Waals surface area contributed by atoms with Gasteiger partial charge in [0.05, 0.1) is 5.00 Å². The molecule has 0 saturated carbocycles. The Morgan fingerprint density at radius 3 is 2.82 bits per heavy atom. The fourth-order valence-electron chi connectivity index (χ4n) is 2.65. The van der Waals surface area contributed by atoms with Gasteiger partial charge in [-0.25, -0.2) is 4.79 Å². The van der Waals surface area contributed by atoms with Crippen LogP contribution in [0.3, 0.4) is 0 Å². The minimum absolute atomic E-state index is 0.125. The fraction of sp³-hybridized carbons (Fsp3) is 0.250. The highest BCUT2D eigenvalue weighted by Crippen LogP contribution is 2.33. The van der Waals surface area contributed by atoms with Crippen LogP contribution in [0.1, 0.15) is 12.5 Å². The molecule has 1 aromatic heterocycles. The highest BCUT2D eigenvalue weighted by atomic mass is 32.1. The second-order valence-electron chi connectivity index (χ2n) is 5.02. The molecule has 1 aromatic carbocycles. The largest absolute Gasteiger partial charge is 0.355 e. The average Bonchev–Trinajstić information content (AvgIpc) is 3.14. The molecular formula is C16H17N3O2S. The van der Waals surface area contributed by atoms with Gasteiger partial charge in [0.1, 0.15) is 6.04 Å². The van der Waals surface area contributed by atoms with Crippen molar-refractivity contribution in [1.82, 2.24) is 5.32 Å².